The van der Waals surface area contributed by atoms with E-state index < -0.39 is 38.0 Å². The van der Waals surface area contributed by atoms with Gasteiger partial charge in [-0.1, -0.05) is 18.2 Å². The predicted molar refractivity (Wildman–Crippen MR) is 65.3 cm³/mol. The first-order valence-corrected chi connectivity index (χ1v) is 7.32. The normalized spacial score (nSPS) is 15.3. The van der Waals surface area contributed by atoms with Gasteiger partial charge in [-0.15, -0.1) is 0 Å². The van der Waals surface area contributed by atoms with Crippen LogP contribution in [0.2, 0.25) is 0 Å². The third-order valence-electron chi connectivity index (χ3n) is 3.17. The fourth-order valence-electron chi connectivity index (χ4n) is 1.57. The number of alkyl halides is 3. The number of halogens is 3. The molecule has 0 radical (unpaired) electrons. The summed E-state index contributed by atoms with van der Waals surface area (Å²) >= 11 is 0. The average Bonchev–Trinajstić information content (AvgIpc) is 2.25. The Balaban J connectivity index is 3.41. The molecule has 0 aliphatic heterocycles. The molecule has 1 N–H and O–H groups in total. The lowest BCUT2D eigenvalue weighted by atomic mass is 9.94. The van der Waals surface area contributed by atoms with Crippen molar-refractivity contribution in [2.45, 2.75) is 30.9 Å². The smallest absolute Gasteiger partial charge is 0.387 e. The van der Waals surface area contributed by atoms with Crippen LogP contribution in [-0.4, -0.2) is 24.5 Å². The summed E-state index contributed by atoms with van der Waals surface area (Å²) in [5.41, 5.74) is -1.47. The molecule has 1 aromatic carbocycles. The molecule has 19 heavy (non-hydrogen) atoms. The Morgan fingerprint density at radius 3 is 2.05 bits per heavy atom. The number of aliphatic hydroxyl groups excluding tert-OH is 1. The van der Waals surface area contributed by atoms with Gasteiger partial charge in [-0.2, -0.15) is 13.2 Å². The van der Waals surface area contributed by atoms with Crippen LogP contribution in [-0.2, 0) is 16.0 Å². The van der Waals surface area contributed by atoms with Crippen molar-refractivity contribution in [3.8, 4) is 0 Å². The van der Waals surface area contributed by atoms with Gasteiger partial charge in [0.1, 0.15) is 0 Å². The second kappa shape index (κ2) is 4.79. The summed E-state index contributed by atoms with van der Waals surface area (Å²) in [6.45, 7) is 2.39. The van der Waals surface area contributed by atoms with Crippen molar-refractivity contribution in [3.63, 3.8) is 0 Å². The molecule has 0 saturated heterocycles. The summed E-state index contributed by atoms with van der Waals surface area (Å²) in [6.07, 6.45) is -5.53. The maximum atomic E-state index is 12.8. The highest BCUT2D eigenvalue weighted by molar-refractivity contribution is 7.92. The van der Waals surface area contributed by atoms with Crippen LogP contribution in [0.4, 0.5) is 13.2 Å². The van der Waals surface area contributed by atoms with E-state index in [1.54, 1.807) is 0 Å². The molecule has 0 saturated carbocycles. The van der Waals surface area contributed by atoms with Crippen LogP contribution in [0, 0.1) is 0 Å². The second-order valence-electron chi connectivity index (χ2n) is 4.86. The highest BCUT2D eigenvalue weighted by Crippen LogP contribution is 2.39. The lowest BCUT2D eigenvalue weighted by Crippen LogP contribution is -2.38. The fraction of sp³-hybridized carbons (Fsp3) is 0.500. The molecule has 1 rings (SSSR count). The number of hydrogen-bond acceptors (Lipinski definition) is 3. The molecular weight excluding hydrogens is 281 g/mol. The van der Waals surface area contributed by atoms with Crippen molar-refractivity contribution in [1.82, 2.24) is 0 Å². The van der Waals surface area contributed by atoms with Crippen LogP contribution in [0.15, 0.2) is 24.3 Å². The minimum Gasteiger partial charge on any atom is -0.387 e. The number of benzene rings is 1. The Morgan fingerprint density at radius 1 is 1.16 bits per heavy atom. The minimum atomic E-state index is -4.65. The standard InChI is InChI=1S/C12H15F3O3S/c1-11(2,19(3,17)18)10(16)8-6-4-5-7-9(8)12(13,14)15/h4-7,10,16H,1-3H3. The Morgan fingerprint density at radius 2 is 1.63 bits per heavy atom. The van der Waals surface area contributed by atoms with Crippen molar-refractivity contribution in [2.24, 2.45) is 0 Å². The molecular formula is C12H15F3O3S. The number of rotatable bonds is 3. The predicted octanol–water partition coefficient (Wildman–Crippen LogP) is 2.56. The number of hydrogen-bond donors (Lipinski definition) is 1. The summed E-state index contributed by atoms with van der Waals surface area (Å²) in [5.74, 6) is 0. The molecule has 3 nitrogen and oxygen atoms in total. The van der Waals surface area contributed by atoms with Crippen LogP contribution < -0.4 is 0 Å². The maximum Gasteiger partial charge on any atom is 0.416 e. The van der Waals surface area contributed by atoms with Gasteiger partial charge in [0.25, 0.3) is 0 Å². The van der Waals surface area contributed by atoms with E-state index in [4.69, 9.17) is 0 Å². The summed E-state index contributed by atoms with van der Waals surface area (Å²) in [7, 11) is -3.73. The first-order valence-electron chi connectivity index (χ1n) is 5.43. The van der Waals surface area contributed by atoms with Crippen molar-refractivity contribution >= 4 is 9.84 Å². The van der Waals surface area contributed by atoms with Crippen LogP contribution in [0.3, 0.4) is 0 Å². The zero-order valence-corrected chi connectivity index (χ0v) is 11.5. The monoisotopic (exact) mass is 296 g/mol. The van der Waals surface area contributed by atoms with E-state index in [9.17, 15) is 26.7 Å². The van der Waals surface area contributed by atoms with Crippen molar-refractivity contribution in [3.05, 3.63) is 35.4 Å². The molecule has 1 aromatic rings. The third-order valence-corrected chi connectivity index (χ3v) is 5.31. The van der Waals surface area contributed by atoms with Gasteiger partial charge in [-0.05, 0) is 25.5 Å². The molecule has 0 spiro atoms. The highest BCUT2D eigenvalue weighted by Gasteiger charge is 2.43. The first-order chi connectivity index (χ1) is 8.39. The summed E-state index contributed by atoms with van der Waals surface area (Å²) in [5, 5.41) is 10.0. The molecule has 7 heteroatoms. The van der Waals surface area contributed by atoms with Crippen molar-refractivity contribution < 1.29 is 26.7 Å². The Labute approximate surface area is 110 Å². The lowest BCUT2D eigenvalue weighted by molar-refractivity contribution is -0.139. The van der Waals surface area contributed by atoms with Gasteiger partial charge < -0.3 is 5.11 Å². The lowest BCUT2D eigenvalue weighted by Gasteiger charge is -2.30. The Bertz CT molecular complexity index is 562. The van der Waals surface area contributed by atoms with Gasteiger partial charge in [-0.25, -0.2) is 8.42 Å². The summed E-state index contributed by atoms with van der Waals surface area (Å²) in [6, 6.07) is 4.41. The molecule has 1 unspecified atom stereocenters. The van der Waals surface area contributed by atoms with Gasteiger partial charge in [0, 0.05) is 6.26 Å². The van der Waals surface area contributed by atoms with E-state index in [0.717, 1.165) is 18.4 Å². The van der Waals surface area contributed by atoms with Crippen LogP contribution in [0.25, 0.3) is 0 Å². The van der Waals surface area contributed by atoms with Crippen LogP contribution in [0.1, 0.15) is 31.1 Å². The molecule has 0 heterocycles. The van der Waals surface area contributed by atoms with Gasteiger partial charge in [0.15, 0.2) is 9.84 Å². The van der Waals surface area contributed by atoms with Gasteiger partial charge in [0.2, 0.25) is 0 Å². The van der Waals surface area contributed by atoms with Crippen molar-refractivity contribution in [2.75, 3.05) is 6.26 Å². The average molecular weight is 296 g/mol. The summed E-state index contributed by atoms with van der Waals surface area (Å²) in [4.78, 5) is 0. The number of sulfone groups is 1. The molecule has 0 bridgehead atoms. The SMILES string of the molecule is CC(C)(C(O)c1ccccc1C(F)(F)F)S(C)(=O)=O. The molecule has 0 aliphatic carbocycles. The zero-order chi connectivity index (χ0) is 15.1. The first kappa shape index (κ1) is 16.0. The molecule has 0 amide bonds. The molecule has 0 aromatic heterocycles. The maximum absolute atomic E-state index is 12.8. The van der Waals surface area contributed by atoms with Gasteiger partial charge >= 0.3 is 6.18 Å². The third kappa shape index (κ3) is 3.09. The molecule has 1 atom stereocenters. The number of aliphatic hydroxyl groups is 1. The van der Waals surface area contributed by atoms with E-state index in [-0.39, 0.29) is 0 Å². The molecule has 0 fully saturated rings. The minimum absolute atomic E-state index is 0.439. The largest absolute Gasteiger partial charge is 0.416 e. The second-order valence-corrected chi connectivity index (χ2v) is 7.46. The molecule has 108 valence electrons. The zero-order valence-electron chi connectivity index (χ0n) is 10.7. The van der Waals surface area contributed by atoms with Crippen molar-refractivity contribution in [1.29, 1.82) is 0 Å². The van der Waals surface area contributed by atoms with E-state index in [2.05, 4.69) is 0 Å². The fourth-order valence-corrected chi connectivity index (χ4v) is 2.10. The van der Waals surface area contributed by atoms with Gasteiger partial charge in [-0.3, -0.25) is 0 Å². The highest BCUT2D eigenvalue weighted by atomic mass is 32.2. The van der Waals surface area contributed by atoms with E-state index >= 15 is 0 Å². The Kier molecular flexibility index (Phi) is 4.03. The van der Waals surface area contributed by atoms with Crippen LogP contribution >= 0.6 is 0 Å². The van der Waals surface area contributed by atoms with Gasteiger partial charge in [0.05, 0.1) is 16.4 Å². The quantitative estimate of drug-likeness (QED) is 0.932. The summed E-state index contributed by atoms with van der Waals surface area (Å²) < 4.78 is 60.0. The van der Waals surface area contributed by atoms with Crippen LogP contribution in [0.5, 0.6) is 0 Å². The topological polar surface area (TPSA) is 54.4 Å². The molecule has 0 aliphatic rings. The van der Waals surface area contributed by atoms with E-state index in [1.807, 2.05) is 0 Å². The van der Waals surface area contributed by atoms with E-state index in [1.165, 1.54) is 26.0 Å². The van der Waals surface area contributed by atoms with E-state index in [0.29, 0.717) is 0 Å². The Hall–Kier alpha value is -1.08.